The molecular weight excluding hydrogens is 546 g/mol. The molecule has 0 amide bonds. The molecule has 0 saturated heterocycles. The molecule has 210 valence electrons. The monoisotopic (exact) mass is 573 g/mol. The van der Waals surface area contributed by atoms with Gasteiger partial charge in [-0.05, 0) is 74.8 Å². The first-order valence-corrected chi connectivity index (χ1v) is 15.3. The topological polar surface area (TPSA) is 38.7 Å². The van der Waals surface area contributed by atoms with Crippen molar-refractivity contribution in [2.75, 3.05) is 0 Å². The molecule has 1 atom stereocenters. The second kappa shape index (κ2) is 10.1. The number of hydrogen-bond acceptors (Lipinski definition) is 3. The van der Waals surface area contributed by atoms with E-state index >= 15 is 0 Å². The Morgan fingerprint density at radius 1 is 0.444 bits per heavy atom. The predicted molar refractivity (Wildman–Crippen MR) is 183 cm³/mol. The van der Waals surface area contributed by atoms with E-state index in [1.807, 2.05) is 30.7 Å². The number of aromatic nitrogens is 3. The van der Waals surface area contributed by atoms with Crippen molar-refractivity contribution in [3.63, 3.8) is 0 Å². The Morgan fingerprint density at radius 2 is 1.18 bits per heavy atom. The Morgan fingerprint density at radius 3 is 2.07 bits per heavy atom. The van der Waals surface area contributed by atoms with E-state index in [1.54, 1.807) is 0 Å². The normalized spacial score (nSPS) is 15.2. The lowest BCUT2D eigenvalue weighted by atomic mass is 9.68. The number of pyridine rings is 3. The van der Waals surface area contributed by atoms with E-state index < -0.39 is 5.41 Å². The Hall–Kier alpha value is -5.93. The highest BCUT2D eigenvalue weighted by molar-refractivity contribution is 6.03. The Bertz CT molecular complexity index is 2340. The smallest absolute Gasteiger partial charge is 0.0972 e. The van der Waals surface area contributed by atoms with Gasteiger partial charge < -0.3 is 0 Å². The van der Waals surface area contributed by atoms with Gasteiger partial charge in [0, 0.05) is 34.9 Å². The van der Waals surface area contributed by atoms with Crippen LogP contribution in [0.2, 0.25) is 0 Å². The molecule has 0 bridgehead atoms. The summed E-state index contributed by atoms with van der Waals surface area (Å²) in [6.45, 7) is 0. The van der Waals surface area contributed by atoms with E-state index in [-0.39, 0.29) is 0 Å². The van der Waals surface area contributed by atoms with Crippen molar-refractivity contribution < 1.29 is 0 Å². The van der Waals surface area contributed by atoms with Crippen LogP contribution in [0.1, 0.15) is 22.3 Å². The Balaban J connectivity index is 1.23. The Labute approximate surface area is 261 Å². The van der Waals surface area contributed by atoms with Crippen molar-refractivity contribution in [3.8, 4) is 33.5 Å². The van der Waals surface area contributed by atoms with Gasteiger partial charge in [-0.3, -0.25) is 9.97 Å². The summed E-state index contributed by atoms with van der Waals surface area (Å²) < 4.78 is 0. The van der Waals surface area contributed by atoms with Gasteiger partial charge in [-0.15, -0.1) is 0 Å². The fourth-order valence-electron chi connectivity index (χ4n) is 7.26. The van der Waals surface area contributed by atoms with Gasteiger partial charge in [-0.25, -0.2) is 4.98 Å². The average Bonchev–Trinajstić information content (AvgIpc) is 3.42. The van der Waals surface area contributed by atoms with Crippen LogP contribution in [0.25, 0.3) is 55.3 Å². The summed E-state index contributed by atoms with van der Waals surface area (Å²) in [7, 11) is 0. The summed E-state index contributed by atoms with van der Waals surface area (Å²) in [6.07, 6.45) is 5.71. The van der Waals surface area contributed by atoms with Gasteiger partial charge in [-0.1, -0.05) is 115 Å². The molecular formula is C42H27N3. The molecule has 9 rings (SSSR count). The summed E-state index contributed by atoms with van der Waals surface area (Å²) in [4.78, 5) is 14.4. The molecule has 0 radical (unpaired) electrons. The average molecular weight is 574 g/mol. The highest BCUT2D eigenvalue weighted by Crippen LogP contribution is 2.56. The zero-order valence-electron chi connectivity index (χ0n) is 24.4. The molecule has 1 aliphatic rings. The van der Waals surface area contributed by atoms with Crippen LogP contribution in [0.15, 0.2) is 164 Å². The maximum Gasteiger partial charge on any atom is 0.0972 e. The van der Waals surface area contributed by atoms with Crippen molar-refractivity contribution in [1.82, 2.24) is 15.0 Å². The molecule has 0 spiro atoms. The first kappa shape index (κ1) is 25.6. The number of benzene rings is 5. The van der Waals surface area contributed by atoms with E-state index in [2.05, 4.69) is 143 Å². The van der Waals surface area contributed by atoms with Crippen LogP contribution in [0, 0.1) is 0 Å². The van der Waals surface area contributed by atoms with Crippen LogP contribution in [0.5, 0.6) is 0 Å². The van der Waals surface area contributed by atoms with Crippen LogP contribution in [-0.4, -0.2) is 15.0 Å². The van der Waals surface area contributed by atoms with E-state index in [0.717, 1.165) is 44.2 Å². The van der Waals surface area contributed by atoms with Crippen LogP contribution in [-0.2, 0) is 5.41 Å². The van der Waals surface area contributed by atoms with Gasteiger partial charge in [-0.2, -0.15) is 0 Å². The molecule has 45 heavy (non-hydrogen) atoms. The molecule has 8 aromatic rings. The summed E-state index contributed by atoms with van der Waals surface area (Å²) in [5.74, 6) is 0. The summed E-state index contributed by atoms with van der Waals surface area (Å²) in [5, 5.41) is 2.19. The lowest BCUT2D eigenvalue weighted by Gasteiger charge is -2.33. The second-order valence-corrected chi connectivity index (χ2v) is 11.7. The second-order valence-electron chi connectivity index (χ2n) is 11.7. The zero-order valence-corrected chi connectivity index (χ0v) is 24.4. The summed E-state index contributed by atoms with van der Waals surface area (Å²) in [6, 6.07) is 52.1. The van der Waals surface area contributed by atoms with E-state index in [0.29, 0.717) is 0 Å². The third-order valence-corrected chi connectivity index (χ3v) is 9.27. The van der Waals surface area contributed by atoms with Crippen LogP contribution >= 0.6 is 0 Å². The maximum absolute atomic E-state index is 5.13. The molecule has 5 aromatic carbocycles. The molecule has 3 aromatic heterocycles. The Kier molecular flexibility index (Phi) is 5.72. The first-order chi connectivity index (χ1) is 22.3. The first-order valence-electron chi connectivity index (χ1n) is 15.3. The highest BCUT2D eigenvalue weighted by atomic mass is 14.8. The molecule has 0 fully saturated rings. The van der Waals surface area contributed by atoms with Gasteiger partial charge >= 0.3 is 0 Å². The number of nitrogens with zero attached hydrogens (tertiary/aromatic N) is 3. The van der Waals surface area contributed by atoms with Gasteiger partial charge in [0.2, 0.25) is 0 Å². The summed E-state index contributed by atoms with van der Waals surface area (Å²) in [5.41, 5.74) is 13.2. The summed E-state index contributed by atoms with van der Waals surface area (Å²) >= 11 is 0. The lowest BCUT2D eigenvalue weighted by molar-refractivity contribution is 0.763. The van der Waals surface area contributed by atoms with Crippen molar-refractivity contribution in [3.05, 3.63) is 186 Å². The molecule has 0 N–H and O–H groups in total. The van der Waals surface area contributed by atoms with Crippen LogP contribution in [0.4, 0.5) is 0 Å². The molecule has 3 nitrogen and oxygen atoms in total. The molecule has 3 heteroatoms. The largest absolute Gasteiger partial charge is 0.264 e. The number of fused-ring (bicyclic) bond motifs is 6. The highest BCUT2D eigenvalue weighted by Gasteiger charge is 2.46. The quantitative estimate of drug-likeness (QED) is 0.197. The van der Waals surface area contributed by atoms with Gasteiger partial charge in [0.1, 0.15) is 0 Å². The van der Waals surface area contributed by atoms with Gasteiger partial charge in [0.05, 0.1) is 22.1 Å². The molecule has 0 saturated carbocycles. The maximum atomic E-state index is 5.13. The lowest BCUT2D eigenvalue weighted by Crippen LogP contribution is -2.28. The van der Waals surface area contributed by atoms with Gasteiger partial charge in [0.25, 0.3) is 0 Å². The zero-order chi connectivity index (χ0) is 29.8. The molecule has 1 aliphatic carbocycles. The van der Waals surface area contributed by atoms with Gasteiger partial charge in [0.15, 0.2) is 0 Å². The SMILES string of the molecule is c1ccc(C2(c3cccnc3)c3ccccc3-c3ccc(-c4cccc(-c5ccc6ccc7cccnc7c6n5)c4)cc32)cc1. The molecule has 1 unspecified atom stereocenters. The third kappa shape index (κ3) is 3.87. The number of hydrogen-bond donors (Lipinski definition) is 0. The fourth-order valence-corrected chi connectivity index (χ4v) is 7.26. The van der Waals surface area contributed by atoms with Crippen molar-refractivity contribution >= 4 is 21.8 Å². The van der Waals surface area contributed by atoms with Crippen molar-refractivity contribution in [2.45, 2.75) is 5.41 Å². The predicted octanol–water partition coefficient (Wildman–Crippen LogP) is 9.88. The van der Waals surface area contributed by atoms with Crippen LogP contribution < -0.4 is 0 Å². The minimum absolute atomic E-state index is 0.483. The van der Waals surface area contributed by atoms with Crippen molar-refractivity contribution in [1.29, 1.82) is 0 Å². The standard InChI is InChI=1S/C42H27N3/c1-2-12-33(13-3-1)42(34-14-8-23-43-27-34)37-16-5-4-15-35(37)36-21-19-31(26-38(36)42)30-9-6-10-32(25-30)39-22-20-29-18-17-28-11-7-24-44-40(28)41(29)45-39/h1-27H. The fraction of sp³-hybridized carbons (Fsp3) is 0.0238. The minimum Gasteiger partial charge on any atom is -0.264 e. The van der Waals surface area contributed by atoms with E-state index in [1.165, 1.54) is 33.4 Å². The van der Waals surface area contributed by atoms with E-state index in [9.17, 15) is 0 Å². The van der Waals surface area contributed by atoms with Crippen molar-refractivity contribution in [2.24, 2.45) is 0 Å². The molecule has 3 heterocycles. The number of rotatable bonds is 4. The van der Waals surface area contributed by atoms with E-state index in [4.69, 9.17) is 4.98 Å². The minimum atomic E-state index is -0.483. The molecule has 0 aliphatic heterocycles. The van der Waals surface area contributed by atoms with Crippen LogP contribution in [0.3, 0.4) is 0 Å². The third-order valence-electron chi connectivity index (χ3n) is 9.27.